The molecule has 2 aliphatic rings. The van der Waals surface area contributed by atoms with E-state index in [2.05, 4.69) is 22.9 Å². The van der Waals surface area contributed by atoms with E-state index in [-0.39, 0.29) is 5.91 Å². The average Bonchev–Trinajstić information content (AvgIpc) is 3.19. The lowest BCUT2D eigenvalue weighted by Crippen LogP contribution is -2.47. The van der Waals surface area contributed by atoms with E-state index in [1.54, 1.807) is 0 Å². The fourth-order valence-corrected chi connectivity index (χ4v) is 3.54. The lowest BCUT2D eigenvalue weighted by atomic mass is 9.96. The van der Waals surface area contributed by atoms with Crippen molar-refractivity contribution in [3.05, 3.63) is 29.8 Å². The van der Waals surface area contributed by atoms with Gasteiger partial charge in [0.05, 0.1) is 18.2 Å². The number of hydrogen-bond donors (Lipinski definition) is 3. The van der Waals surface area contributed by atoms with Crippen molar-refractivity contribution in [1.29, 1.82) is 0 Å². The summed E-state index contributed by atoms with van der Waals surface area (Å²) in [5, 5.41) is 9.63. The van der Waals surface area contributed by atoms with Crippen LogP contribution in [0, 0.1) is 0 Å². The lowest BCUT2D eigenvalue weighted by molar-refractivity contribution is -0.114. The molecular weight excluding hydrogens is 316 g/mol. The average molecular weight is 344 g/mol. The van der Waals surface area contributed by atoms with Gasteiger partial charge in [0, 0.05) is 25.7 Å². The van der Waals surface area contributed by atoms with Gasteiger partial charge in [-0.1, -0.05) is 12.1 Å². The van der Waals surface area contributed by atoms with Crippen LogP contribution in [0.3, 0.4) is 0 Å². The van der Waals surface area contributed by atoms with Gasteiger partial charge in [-0.3, -0.25) is 9.79 Å². The van der Waals surface area contributed by atoms with Crippen LogP contribution in [0.1, 0.15) is 38.7 Å². The van der Waals surface area contributed by atoms with Gasteiger partial charge in [0.25, 0.3) is 0 Å². The number of anilines is 1. The highest BCUT2D eigenvalue weighted by Gasteiger charge is 2.41. The van der Waals surface area contributed by atoms with Gasteiger partial charge in [-0.05, 0) is 50.3 Å². The van der Waals surface area contributed by atoms with Crippen LogP contribution < -0.4 is 16.0 Å². The SMILES string of the molecule is CCNC(=NCCc1ccc(NC(C)=O)cc1)NC1CC2CCC1O2. The molecule has 3 unspecified atom stereocenters. The standard InChI is InChI=1S/C19H28N4O2/c1-3-20-19(23-17-12-16-8-9-18(17)25-16)21-11-10-14-4-6-15(7-5-14)22-13(2)24/h4-7,16-18H,3,8-12H2,1-2H3,(H,22,24)(H2,20,21,23). The zero-order valence-corrected chi connectivity index (χ0v) is 15.0. The Morgan fingerprint density at radius 2 is 2.08 bits per heavy atom. The number of guanidine groups is 1. The highest BCUT2D eigenvalue weighted by atomic mass is 16.5. The number of benzene rings is 1. The Morgan fingerprint density at radius 3 is 2.68 bits per heavy atom. The fourth-order valence-electron chi connectivity index (χ4n) is 3.54. The molecule has 2 saturated heterocycles. The minimum Gasteiger partial charge on any atom is -0.373 e. The molecule has 0 aromatic heterocycles. The van der Waals surface area contributed by atoms with Gasteiger partial charge in [-0.25, -0.2) is 0 Å². The van der Waals surface area contributed by atoms with E-state index in [0.29, 0.717) is 18.2 Å². The first-order valence-corrected chi connectivity index (χ1v) is 9.21. The molecule has 136 valence electrons. The predicted molar refractivity (Wildman–Crippen MR) is 99.9 cm³/mol. The maximum absolute atomic E-state index is 11.0. The number of ether oxygens (including phenoxy) is 1. The number of hydrogen-bond acceptors (Lipinski definition) is 3. The van der Waals surface area contributed by atoms with Crippen LogP contribution in [0.4, 0.5) is 5.69 Å². The van der Waals surface area contributed by atoms with Gasteiger partial charge >= 0.3 is 0 Å². The molecule has 2 heterocycles. The topological polar surface area (TPSA) is 74.8 Å². The number of nitrogens with zero attached hydrogens (tertiary/aromatic N) is 1. The second-order valence-corrected chi connectivity index (χ2v) is 6.75. The van der Waals surface area contributed by atoms with Gasteiger partial charge in [0.1, 0.15) is 0 Å². The van der Waals surface area contributed by atoms with E-state index >= 15 is 0 Å². The molecule has 3 N–H and O–H groups in total. The van der Waals surface area contributed by atoms with Gasteiger partial charge in [-0.15, -0.1) is 0 Å². The summed E-state index contributed by atoms with van der Waals surface area (Å²) in [5.41, 5.74) is 2.03. The van der Waals surface area contributed by atoms with Gasteiger partial charge < -0.3 is 20.7 Å². The summed E-state index contributed by atoms with van der Waals surface area (Å²) in [6.07, 6.45) is 5.08. The summed E-state index contributed by atoms with van der Waals surface area (Å²) in [6, 6.07) is 8.30. The zero-order chi connectivity index (χ0) is 17.6. The van der Waals surface area contributed by atoms with Crippen molar-refractivity contribution >= 4 is 17.6 Å². The zero-order valence-electron chi connectivity index (χ0n) is 15.0. The second kappa shape index (κ2) is 8.34. The van der Waals surface area contributed by atoms with Crippen molar-refractivity contribution in [1.82, 2.24) is 10.6 Å². The summed E-state index contributed by atoms with van der Waals surface area (Å²) in [7, 11) is 0. The van der Waals surface area contributed by atoms with Crippen LogP contribution in [0.25, 0.3) is 0 Å². The van der Waals surface area contributed by atoms with Gasteiger partial charge in [0.15, 0.2) is 5.96 Å². The van der Waals surface area contributed by atoms with Crippen LogP contribution in [0.2, 0.25) is 0 Å². The summed E-state index contributed by atoms with van der Waals surface area (Å²) >= 11 is 0. The van der Waals surface area contributed by atoms with Crippen molar-refractivity contribution < 1.29 is 9.53 Å². The van der Waals surface area contributed by atoms with Crippen molar-refractivity contribution in [2.45, 2.75) is 57.8 Å². The summed E-state index contributed by atoms with van der Waals surface area (Å²) in [5.74, 6) is 0.821. The summed E-state index contributed by atoms with van der Waals surface area (Å²) in [6.45, 7) is 5.16. The van der Waals surface area contributed by atoms with E-state index in [4.69, 9.17) is 9.73 Å². The van der Waals surface area contributed by atoms with Crippen LogP contribution in [0.15, 0.2) is 29.3 Å². The Morgan fingerprint density at radius 1 is 1.28 bits per heavy atom. The Bertz CT molecular complexity index is 614. The monoisotopic (exact) mass is 344 g/mol. The fraction of sp³-hybridized carbons (Fsp3) is 0.579. The number of amides is 1. The third-order valence-corrected chi connectivity index (χ3v) is 4.72. The molecule has 0 aliphatic carbocycles. The van der Waals surface area contributed by atoms with E-state index < -0.39 is 0 Å². The van der Waals surface area contributed by atoms with Crippen LogP contribution >= 0.6 is 0 Å². The molecule has 0 spiro atoms. The molecule has 0 saturated carbocycles. The minimum atomic E-state index is -0.0525. The van der Waals surface area contributed by atoms with E-state index in [0.717, 1.165) is 44.0 Å². The molecule has 3 atom stereocenters. The molecular formula is C19H28N4O2. The van der Waals surface area contributed by atoms with Crippen LogP contribution in [-0.2, 0) is 16.0 Å². The lowest BCUT2D eigenvalue weighted by Gasteiger charge is -2.22. The molecule has 0 radical (unpaired) electrons. The number of fused-ring (bicyclic) bond motifs is 2. The number of aliphatic imine (C=N–C) groups is 1. The number of carbonyl (C=O) groups excluding carboxylic acids is 1. The Hall–Kier alpha value is -2.08. The summed E-state index contributed by atoms with van der Waals surface area (Å²) < 4.78 is 5.90. The quantitative estimate of drug-likeness (QED) is 0.545. The van der Waals surface area contributed by atoms with Crippen molar-refractivity contribution in [2.75, 3.05) is 18.4 Å². The Labute approximate surface area is 149 Å². The first kappa shape index (κ1) is 17.7. The number of nitrogens with one attached hydrogen (secondary N) is 3. The Balaban J connectivity index is 1.50. The molecule has 1 amide bonds. The minimum absolute atomic E-state index is 0.0525. The maximum atomic E-state index is 11.0. The Kier molecular flexibility index (Phi) is 5.91. The number of carbonyl (C=O) groups is 1. The first-order valence-electron chi connectivity index (χ1n) is 9.21. The molecule has 2 aliphatic heterocycles. The third kappa shape index (κ3) is 4.95. The van der Waals surface area contributed by atoms with E-state index in [1.807, 2.05) is 24.3 Å². The normalized spacial score (nSPS) is 25.0. The van der Waals surface area contributed by atoms with Crippen molar-refractivity contribution in [3.63, 3.8) is 0 Å². The highest BCUT2D eigenvalue weighted by Crippen LogP contribution is 2.34. The molecule has 6 nitrogen and oxygen atoms in total. The van der Waals surface area contributed by atoms with Crippen molar-refractivity contribution in [2.24, 2.45) is 4.99 Å². The molecule has 2 bridgehead atoms. The number of rotatable bonds is 6. The highest BCUT2D eigenvalue weighted by molar-refractivity contribution is 5.88. The maximum Gasteiger partial charge on any atom is 0.221 e. The molecule has 3 rings (SSSR count). The van der Waals surface area contributed by atoms with Crippen LogP contribution in [-0.4, -0.2) is 43.2 Å². The first-order chi connectivity index (χ1) is 12.1. The predicted octanol–water partition coefficient (Wildman–Crippen LogP) is 2.06. The molecule has 1 aromatic carbocycles. The van der Waals surface area contributed by atoms with Crippen molar-refractivity contribution in [3.8, 4) is 0 Å². The third-order valence-electron chi connectivity index (χ3n) is 4.72. The largest absolute Gasteiger partial charge is 0.373 e. The summed E-state index contributed by atoms with van der Waals surface area (Å²) in [4.78, 5) is 15.7. The molecule has 2 fully saturated rings. The molecule has 1 aromatic rings. The molecule has 25 heavy (non-hydrogen) atoms. The van der Waals surface area contributed by atoms with Crippen LogP contribution in [0.5, 0.6) is 0 Å². The van der Waals surface area contributed by atoms with E-state index in [9.17, 15) is 4.79 Å². The smallest absolute Gasteiger partial charge is 0.221 e. The van der Waals surface area contributed by atoms with E-state index in [1.165, 1.54) is 18.9 Å². The van der Waals surface area contributed by atoms with Gasteiger partial charge in [0.2, 0.25) is 5.91 Å². The molecule has 6 heteroatoms. The van der Waals surface area contributed by atoms with Gasteiger partial charge in [-0.2, -0.15) is 0 Å². The second-order valence-electron chi connectivity index (χ2n) is 6.75.